The van der Waals surface area contributed by atoms with Crippen LogP contribution in [0, 0.1) is 5.92 Å². The molecule has 1 N–H and O–H groups in total. The smallest absolute Gasteiger partial charge is 0.343 e. The van der Waals surface area contributed by atoms with E-state index in [2.05, 4.69) is 16.7 Å². The second kappa shape index (κ2) is 10.8. The summed E-state index contributed by atoms with van der Waals surface area (Å²) in [6.45, 7) is 3.09. The summed E-state index contributed by atoms with van der Waals surface area (Å²) in [5.74, 6) is -4.58. The van der Waals surface area contributed by atoms with E-state index in [4.69, 9.17) is 4.74 Å². The molecule has 1 aliphatic heterocycles. The predicted molar refractivity (Wildman–Crippen MR) is 111 cm³/mol. The number of benzene rings is 1. The largest absolute Gasteiger partial charge is 1.00 e. The topological polar surface area (TPSA) is 53.0 Å². The van der Waals surface area contributed by atoms with Crippen molar-refractivity contribution in [2.75, 3.05) is 20.2 Å². The lowest BCUT2D eigenvalue weighted by atomic mass is 9.72. The van der Waals surface area contributed by atoms with Gasteiger partial charge < -0.3 is 36.6 Å². The standard InChI is InChI=1S/C23H32F2N2O3.BrH/c1-18-26(2)14-15-27(18)13-6-7-16-30-21(28)23(29,19-9-4-3-5-10-19)20-11-8-12-22(24,25)17-20;/h3-5,9-10,14-15,18,20,29H,6-8,11-13,16-17H2,1-2H3;1H/p-1/t18?,20-,23+;/m1./s1. The van der Waals surface area contributed by atoms with Gasteiger partial charge in [0, 0.05) is 44.8 Å². The first-order chi connectivity index (χ1) is 14.2. The van der Waals surface area contributed by atoms with E-state index in [1.54, 1.807) is 30.3 Å². The number of halogens is 3. The van der Waals surface area contributed by atoms with Crippen molar-refractivity contribution in [1.29, 1.82) is 0 Å². The van der Waals surface area contributed by atoms with Crippen LogP contribution in [-0.4, -0.2) is 53.2 Å². The van der Waals surface area contributed by atoms with Gasteiger partial charge in [-0.05, 0) is 38.2 Å². The first-order valence-corrected chi connectivity index (χ1v) is 10.7. The number of hydrogen-bond donors (Lipinski definition) is 1. The molecule has 1 heterocycles. The Morgan fingerprint density at radius 1 is 1.26 bits per heavy atom. The highest BCUT2D eigenvalue weighted by atomic mass is 79.9. The van der Waals surface area contributed by atoms with Crippen molar-refractivity contribution in [3.8, 4) is 0 Å². The van der Waals surface area contributed by atoms with Crippen molar-refractivity contribution in [2.24, 2.45) is 5.92 Å². The van der Waals surface area contributed by atoms with E-state index in [0.29, 0.717) is 24.6 Å². The number of carbonyl (C=O) groups is 1. The molecule has 0 aromatic heterocycles. The number of hydrogen-bond acceptors (Lipinski definition) is 5. The molecule has 0 amide bonds. The average Bonchev–Trinajstić information content (AvgIpc) is 3.04. The van der Waals surface area contributed by atoms with Gasteiger partial charge >= 0.3 is 5.97 Å². The Morgan fingerprint density at radius 2 is 1.97 bits per heavy atom. The summed E-state index contributed by atoms with van der Waals surface area (Å²) in [5, 5.41) is 11.4. The molecule has 8 heteroatoms. The second-order valence-corrected chi connectivity index (χ2v) is 8.46. The van der Waals surface area contributed by atoms with Crippen LogP contribution in [0.3, 0.4) is 0 Å². The molecule has 1 fully saturated rings. The minimum atomic E-state index is -2.88. The van der Waals surface area contributed by atoms with E-state index in [0.717, 1.165) is 13.0 Å². The molecule has 1 aromatic carbocycles. The van der Waals surface area contributed by atoms with Crippen LogP contribution in [0.15, 0.2) is 42.7 Å². The fraction of sp³-hybridized carbons (Fsp3) is 0.609. The van der Waals surface area contributed by atoms with E-state index < -0.39 is 29.8 Å². The van der Waals surface area contributed by atoms with E-state index in [-0.39, 0.29) is 36.4 Å². The van der Waals surface area contributed by atoms with Crippen molar-refractivity contribution < 1.29 is 40.4 Å². The lowest BCUT2D eigenvalue weighted by Gasteiger charge is -2.39. The molecular weight excluding hydrogens is 470 g/mol. The monoisotopic (exact) mass is 501 g/mol. The fourth-order valence-electron chi connectivity index (χ4n) is 4.35. The van der Waals surface area contributed by atoms with Crippen molar-refractivity contribution in [3.63, 3.8) is 0 Å². The lowest BCUT2D eigenvalue weighted by molar-refractivity contribution is -0.182. The summed E-state index contributed by atoms with van der Waals surface area (Å²) in [5.41, 5.74) is -1.74. The van der Waals surface area contributed by atoms with Gasteiger partial charge in [-0.15, -0.1) is 0 Å². The van der Waals surface area contributed by atoms with Gasteiger partial charge in [0.2, 0.25) is 5.92 Å². The van der Waals surface area contributed by atoms with Gasteiger partial charge in [-0.2, -0.15) is 0 Å². The molecule has 174 valence electrons. The maximum absolute atomic E-state index is 14.0. The molecule has 1 aromatic rings. The van der Waals surface area contributed by atoms with E-state index in [9.17, 15) is 18.7 Å². The Kier molecular flexibility index (Phi) is 8.89. The molecule has 1 unspecified atom stereocenters. The number of alkyl halides is 2. The zero-order valence-corrected chi connectivity index (χ0v) is 19.7. The SMILES string of the molecule is CC1N(C)C=CN1CCCCOC(=O)[C@](O)(c1ccccc1)[C@@H]1CCCC(F)(F)C1.[Br-]. The van der Waals surface area contributed by atoms with Gasteiger partial charge in [-0.25, -0.2) is 13.6 Å². The second-order valence-electron chi connectivity index (χ2n) is 8.46. The summed E-state index contributed by atoms with van der Waals surface area (Å²) in [6, 6.07) is 8.35. The van der Waals surface area contributed by atoms with Gasteiger partial charge in [-0.1, -0.05) is 30.3 Å². The summed E-state index contributed by atoms with van der Waals surface area (Å²) in [6.07, 6.45) is 5.72. The molecule has 0 saturated heterocycles. The number of aliphatic hydroxyl groups is 1. The Balaban J connectivity index is 0.00000341. The molecule has 3 rings (SSSR count). The van der Waals surface area contributed by atoms with Gasteiger partial charge in [0.1, 0.15) is 0 Å². The van der Waals surface area contributed by atoms with E-state index in [1.165, 1.54) is 0 Å². The Morgan fingerprint density at radius 3 is 2.58 bits per heavy atom. The van der Waals surface area contributed by atoms with Gasteiger partial charge in [0.25, 0.3) is 0 Å². The third-order valence-electron chi connectivity index (χ3n) is 6.36. The third-order valence-corrected chi connectivity index (χ3v) is 6.36. The highest BCUT2D eigenvalue weighted by molar-refractivity contribution is 5.81. The third kappa shape index (κ3) is 5.98. The van der Waals surface area contributed by atoms with Crippen LogP contribution < -0.4 is 17.0 Å². The maximum Gasteiger partial charge on any atom is 0.343 e. The summed E-state index contributed by atoms with van der Waals surface area (Å²) in [4.78, 5) is 17.3. The summed E-state index contributed by atoms with van der Waals surface area (Å²) in [7, 11) is 2.02. The Bertz CT molecular complexity index is 750. The Labute approximate surface area is 193 Å². The van der Waals surface area contributed by atoms with Gasteiger partial charge in [0.05, 0.1) is 12.8 Å². The molecule has 1 saturated carbocycles. The molecule has 5 nitrogen and oxygen atoms in total. The highest BCUT2D eigenvalue weighted by Crippen LogP contribution is 2.45. The molecule has 0 spiro atoms. The highest BCUT2D eigenvalue weighted by Gasteiger charge is 2.52. The van der Waals surface area contributed by atoms with Crippen LogP contribution in [0.25, 0.3) is 0 Å². The van der Waals surface area contributed by atoms with Crippen LogP contribution in [0.4, 0.5) is 8.78 Å². The predicted octanol–water partition coefficient (Wildman–Crippen LogP) is 1.09. The molecule has 1 aliphatic carbocycles. The number of unbranched alkanes of at least 4 members (excludes halogenated alkanes) is 1. The van der Waals surface area contributed by atoms with Crippen molar-refractivity contribution in [2.45, 2.75) is 63.1 Å². The summed E-state index contributed by atoms with van der Waals surface area (Å²) >= 11 is 0. The lowest BCUT2D eigenvalue weighted by Crippen LogP contribution is -3.00. The van der Waals surface area contributed by atoms with Crippen molar-refractivity contribution >= 4 is 5.97 Å². The van der Waals surface area contributed by atoms with Gasteiger partial charge in [0.15, 0.2) is 5.60 Å². The van der Waals surface area contributed by atoms with Crippen LogP contribution in [0.1, 0.15) is 51.0 Å². The molecule has 31 heavy (non-hydrogen) atoms. The minimum absolute atomic E-state index is 0. The van der Waals surface area contributed by atoms with Crippen molar-refractivity contribution in [3.05, 3.63) is 48.3 Å². The number of ether oxygens (including phenoxy) is 1. The van der Waals surface area contributed by atoms with Crippen LogP contribution >= 0.6 is 0 Å². The fourth-order valence-corrected chi connectivity index (χ4v) is 4.35. The van der Waals surface area contributed by atoms with Crippen LogP contribution in [0.2, 0.25) is 0 Å². The normalized spacial score (nSPS) is 24.4. The first-order valence-electron chi connectivity index (χ1n) is 10.7. The average molecular weight is 502 g/mol. The van der Waals surface area contributed by atoms with Crippen molar-refractivity contribution in [1.82, 2.24) is 9.80 Å². The maximum atomic E-state index is 14.0. The van der Waals surface area contributed by atoms with Gasteiger partial charge in [-0.3, -0.25) is 0 Å². The molecular formula is C23H32BrF2N2O3-. The molecule has 2 aliphatic rings. The van der Waals surface area contributed by atoms with E-state index in [1.807, 2.05) is 19.4 Å². The zero-order chi connectivity index (χ0) is 21.8. The van der Waals surface area contributed by atoms with E-state index >= 15 is 0 Å². The van der Waals surface area contributed by atoms with Crippen LogP contribution in [-0.2, 0) is 15.1 Å². The minimum Gasteiger partial charge on any atom is -1.00 e. The quantitative estimate of drug-likeness (QED) is 0.426. The molecule has 0 bridgehead atoms. The number of carbonyl (C=O) groups excluding carboxylic acids is 1. The summed E-state index contributed by atoms with van der Waals surface area (Å²) < 4.78 is 33.5. The Hall–Kier alpha value is -1.67. The molecule has 3 atom stereocenters. The van der Waals surface area contributed by atoms with Crippen LogP contribution in [0.5, 0.6) is 0 Å². The first kappa shape index (κ1) is 25.6. The number of esters is 1. The number of nitrogens with zero attached hydrogens (tertiary/aromatic N) is 2. The number of rotatable bonds is 8. The molecule has 0 radical (unpaired) electrons. The zero-order valence-electron chi connectivity index (χ0n) is 18.1.